The van der Waals surface area contributed by atoms with Crippen molar-refractivity contribution >= 4 is 11.6 Å². The molecule has 0 bridgehead atoms. The number of nitrogens with one attached hydrogen (secondary N) is 1. The van der Waals surface area contributed by atoms with Crippen molar-refractivity contribution in [3.8, 4) is 6.07 Å². The van der Waals surface area contributed by atoms with Gasteiger partial charge in [0.25, 0.3) is 0 Å². The van der Waals surface area contributed by atoms with Gasteiger partial charge >= 0.3 is 0 Å². The fourth-order valence-corrected chi connectivity index (χ4v) is 4.02. The molecule has 6 heteroatoms. The highest BCUT2D eigenvalue weighted by molar-refractivity contribution is 5.47. The highest BCUT2D eigenvalue weighted by Crippen LogP contribution is 2.26. The average molecular weight is 343 g/mol. The second-order valence-electron chi connectivity index (χ2n) is 7.56. The van der Waals surface area contributed by atoms with Crippen LogP contribution in [0, 0.1) is 17.2 Å². The van der Waals surface area contributed by atoms with Gasteiger partial charge in [0.15, 0.2) is 0 Å². The van der Waals surface area contributed by atoms with Crippen molar-refractivity contribution < 1.29 is 4.74 Å². The van der Waals surface area contributed by atoms with Gasteiger partial charge in [0.2, 0.25) is 0 Å². The van der Waals surface area contributed by atoms with Gasteiger partial charge in [0, 0.05) is 31.6 Å². The third-order valence-corrected chi connectivity index (χ3v) is 5.07. The number of nitrogen functional groups attached to an aromatic ring is 1. The minimum atomic E-state index is 0.215. The lowest BCUT2D eigenvalue weighted by molar-refractivity contribution is -0.0704. The van der Waals surface area contributed by atoms with Crippen LogP contribution in [0.3, 0.4) is 0 Å². The third kappa shape index (κ3) is 5.07. The predicted octanol–water partition coefficient (Wildman–Crippen LogP) is 2.77. The SMILES string of the molecule is C[C@@H]1CN(Cc2cc(N)nc(NC3CCC(C#N)CC3)c2)C[C@H](C)O1. The molecule has 1 aromatic rings. The first-order valence-electron chi connectivity index (χ1n) is 9.32. The topological polar surface area (TPSA) is 87.2 Å². The molecule has 6 nitrogen and oxygen atoms in total. The summed E-state index contributed by atoms with van der Waals surface area (Å²) in [5.74, 6) is 1.62. The van der Waals surface area contributed by atoms with Crippen LogP contribution < -0.4 is 11.1 Å². The zero-order chi connectivity index (χ0) is 17.8. The molecule has 2 heterocycles. The van der Waals surface area contributed by atoms with E-state index in [1.54, 1.807) is 0 Å². The van der Waals surface area contributed by atoms with Gasteiger partial charge in [-0.05, 0) is 57.2 Å². The van der Waals surface area contributed by atoms with Crippen LogP contribution in [-0.4, -0.2) is 41.2 Å². The molecule has 1 aliphatic carbocycles. The molecule has 1 aliphatic heterocycles. The van der Waals surface area contributed by atoms with Crippen LogP contribution in [0.25, 0.3) is 0 Å². The van der Waals surface area contributed by atoms with Crippen molar-refractivity contribution in [3.63, 3.8) is 0 Å². The predicted molar refractivity (Wildman–Crippen MR) is 98.9 cm³/mol. The van der Waals surface area contributed by atoms with Crippen molar-refractivity contribution in [3.05, 3.63) is 17.7 Å². The Morgan fingerprint density at radius 1 is 1.24 bits per heavy atom. The van der Waals surface area contributed by atoms with Gasteiger partial charge < -0.3 is 15.8 Å². The Hall–Kier alpha value is -1.84. The Bertz CT molecular complexity index is 611. The van der Waals surface area contributed by atoms with Crippen LogP contribution >= 0.6 is 0 Å². The number of hydrogen-bond donors (Lipinski definition) is 2. The zero-order valence-electron chi connectivity index (χ0n) is 15.2. The summed E-state index contributed by atoms with van der Waals surface area (Å²) in [7, 11) is 0. The molecule has 2 atom stereocenters. The van der Waals surface area contributed by atoms with Gasteiger partial charge in [-0.3, -0.25) is 4.90 Å². The summed E-state index contributed by atoms with van der Waals surface area (Å²) in [6.45, 7) is 6.98. The van der Waals surface area contributed by atoms with Gasteiger partial charge in [0.1, 0.15) is 11.6 Å². The monoisotopic (exact) mass is 343 g/mol. The minimum absolute atomic E-state index is 0.215. The summed E-state index contributed by atoms with van der Waals surface area (Å²) in [5.41, 5.74) is 7.21. The molecule has 0 amide bonds. The van der Waals surface area contributed by atoms with Crippen LogP contribution in [-0.2, 0) is 11.3 Å². The van der Waals surface area contributed by atoms with Gasteiger partial charge in [-0.1, -0.05) is 0 Å². The highest BCUT2D eigenvalue weighted by Gasteiger charge is 2.23. The number of ether oxygens (including phenoxy) is 1. The van der Waals surface area contributed by atoms with E-state index in [4.69, 9.17) is 15.7 Å². The van der Waals surface area contributed by atoms with Crippen LogP contribution in [0.1, 0.15) is 45.1 Å². The maximum absolute atomic E-state index is 9.02. The maximum atomic E-state index is 9.02. The molecule has 3 N–H and O–H groups in total. The quantitative estimate of drug-likeness (QED) is 0.874. The van der Waals surface area contributed by atoms with Crippen molar-refractivity contribution in [1.82, 2.24) is 9.88 Å². The Morgan fingerprint density at radius 2 is 1.92 bits per heavy atom. The first kappa shape index (κ1) is 18.0. The fourth-order valence-electron chi connectivity index (χ4n) is 4.02. The second kappa shape index (κ2) is 8.03. The van der Waals surface area contributed by atoms with E-state index >= 15 is 0 Å². The van der Waals surface area contributed by atoms with Crippen LogP contribution in [0.15, 0.2) is 12.1 Å². The fraction of sp³-hybridized carbons (Fsp3) is 0.684. The summed E-state index contributed by atoms with van der Waals surface area (Å²) in [6.07, 6.45) is 4.48. The summed E-state index contributed by atoms with van der Waals surface area (Å²) in [6, 6.07) is 6.83. The number of nitrogens with zero attached hydrogens (tertiary/aromatic N) is 3. The number of rotatable bonds is 4. The molecule has 1 saturated heterocycles. The number of morpholine rings is 1. The van der Waals surface area contributed by atoms with E-state index in [-0.39, 0.29) is 18.1 Å². The molecular weight excluding hydrogens is 314 g/mol. The molecule has 0 radical (unpaired) electrons. The number of anilines is 2. The van der Waals surface area contributed by atoms with Gasteiger partial charge in [0.05, 0.1) is 18.3 Å². The number of pyridine rings is 1. The average Bonchev–Trinajstić information content (AvgIpc) is 2.54. The third-order valence-electron chi connectivity index (χ3n) is 5.07. The summed E-state index contributed by atoms with van der Waals surface area (Å²) in [5, 5.41) is 12.5. The largest absolute Gasteiger partial charge is 0.384 e. The first-order chi connectivity index (χ1) is 12.0. The highest BCUT2D eigenvalue weighted by atomic mass is 16.5. The molecule has 2 aliphatic rings. The van der Waals surface area contributed by atoms with Crippen LogP contribution in [0.5, 0.6) is 0 Å². The normalized spacial score (nSPS) is 30.6. The smallest absolute Gasteiger partial charge is 0.128 e. The molecule has 0 unspecified atom stereocenters. The van der Waals surface area contributed by atoms with Crippen molar-refractivity contribution in [2.24, 2.45) is 5.92 Å². The van der Waals surface area contributed by atoms with Crippen LogP contribution in [0.4, 0.5) is 11.6 Å². The van der Waals surface area contributed by atoms with Crippen molar-refractivity contribution in [2.45, 2.75) is 64.3 Å². The zero-order valence-corrected chi connectivity index (χ0v) is 15.2. The summed E-state index contributed by atoms with van der Waals surface area (Å²) < 4.78 is 5.81. The molecule has 3 rings (SSSR count). The van der Waals surface area contributed by atoms with Gasteiger partial charge in [-0.2, -0.15) is 5.26 Å². The van der Waals surface area contributed by atoms with Crippen molar-refractivity contribution in [2.75, 3.05) is 24.1 Å². The molecule has 2 fully saturated rings. The Balaban J connectivity index is 1.61. The summed E-state index contributed by atoms with van der Waals surface area (Å²) in [4.78, 5) is 6.86. The number of aromatic nitrogens is 1. The molecule has 136 valence electrons. The Morgan fingerprint density at radius 3 is 2.56 bits per heavy atom. The molecule has 25 heavy (non-hydrogen) atoms. The van der Waals surface area contributed by atoms with E-state index in [0.29, 0.717) is 11.9 Å². The maximum Gasteiger partial charge on any atom is 0.128 e. The lowest BCUT2D eigenvalue weighted by Gasteiger charge is -2.35. The molecule has 0 aromatic carbocycles. The van der Waals surface area contributed by atoms with Crippen LogP contribution in [0.2, 0.25) is 0 Å². The minimum Gasteiger partial charge on any atom is -0.384 e. The number of hydrogen-bond acceptors (Lipinski definition) is 6. The van der Waals surface area contributed by atoms with E-state index in [1.807, 2.05) is 6.07 Å². The van der Waals surface area contributed by atoms with Gasteiger partial charge in [-0.15, -0.1) is 0 Å². The Labute approximate surface area is 150 Å². The molecular formula is C19H29N5O. The summed E-state index contributed by atoms with van der Waals surface area (Å²) >= 11 is 0. The van der Waals surface area contributed by atoms with E-state index in [2.05, 4.69) is 41.2 Å². The lowest BCUT2D eigenvalue weighted by atomic mass is 9.87. The van der Waals surface area contributed by atoms with E-state index in [0.717, 1.165) is 51.1 Å². The van der Waals surface area contributed by atoms with E-state index < -0.39 is 0 Å². The standard InChI is InChI=1S/C19H29N5O/c1-13-10-24(11-14(2)25-13)12-16-7-18(21)23-19(8-16)22-17-5-3-15(9-20)4-6-17/h7-8,13-15,17H,3-6,10-12H2,1-2H3,(H3,21,22,23)/t13-,14+,15?,17?. The first-order valence-corrected chi connectivity index (χ1v) is 9.32. The Kier molecular flexibility index (Phi) is 5.77. The number of nitriles is 1. The molecule has 1 aromatic heterocycles. The van der Waals surface area contributed by atoms with Gasteiger partial charge in [-0.25, -0.2) is 4.98 Å². The van der Waals surface area contributed by atoms with E-state index in [1.165, 1.54) is 5.56 Å². The number of nitrogens with two attached hydrogens (primary N) is 1. The second-order valence-corrected chi connectivity index (χ2v) is 7.56. The molecule has 0 spiro atoms. The van der Waals surface area contributed by atoms with Crippen molar-refractivity contribution in [1.29, 1.82) is 5.26 Å². The lowest BCUT2D eigenvalue weighted by Crippen LogP contribution is -2.44. The molecule has 1 saturated carbocycles. The van der Waals surface area contributed by atoms with E-state index in [9.17, 15) is 0 Å².